The zero-order chi connectivity index (χ0) is 16.5. The molecule has 1 aliphatic heterocycles. The van der Waals surface area contributed by atoms with E-state index >= 15 is 0 Å². The summed E-state index contributed by atoms with van der Waals surface area (Å²) in [5.41, 5.74) is 1.28. The van der Waals surface area contributed by atoms with Gasteiger partial charge in [-0.05, 0) is 12.1 Å². The van der Waals surface area contributed by atoms with Crippen molar-refractivity contribution in [2.24, 2.45) is 0 Å². The van der Waals surface area contributed by atoms with Crippen molar-refractivity contribution in [2.75, 3.05) is 6.54 Å². The van der Waals surface area contributed by atoms with Crippen molar-refractivity contribution in [3.63, 3.8) is 0 Å². The summed E-state index contributed by atoms with van der Waals surface area (Å²) < 4.78 is 5.83. The zero-order valence-electron chi connectivity index (χ0n) is 12.8. The summed E-state index contributed by atoms with van der Waals surface area (Å²) in [6, 6.07) is 9.67. The average Bonchev–Trinajstić information content (AvgIpc) is 3.21. The van der Waals surface area contributed by atoms with Crippen molar-refractivity contribution in [3.05, 3.63) is 58.1 Å². The summed E-state index contributed by atoms with van der Waals surface area (Å²) in [7, 11) is 0. The lowest BCUT2D eigenvalue weighted by Gasteiger charge is -2.24. The highest BCUT2D eigenvalue weighted by Gasteiger charge is 2.26. The lowest BCUT2D eigenvalue weighted by atomic mass is 10.1. The van der Waals surface area contributed by atoms with Gasteiger partial charge in [0.05, 0.1) is 13.0 Å². The molecule has 0 saturated heterocycles. The summed E-state index contributed by atoms with van der Waals surface area (Å²) in [6.45, 7) is 0.961. The Morgan fingerprint density at radius 3 is 2.88 bits per heavy atom. The van der Waals surface area contributed by atoms with E-state index in [0.717, 1.165) is 17.0 Å². The fourth-order valence-corrected chi connectivity index (χ4v) is 2.76. The number of H-pyrrole nitrogens is 2. The molecule has 2 N–H and O–H groups in total. The van der Waals surface area contributed by atoms with Gasteiger partial charge in [-0.25, -0.2) is 14.9 Å². The number of nitrogens with one attached hydrogen (secondary N) is 2. The number of hydrogen-bond donors (Lipinski definition) is 2. The van der Waals surface area contributed by atoms with Gasteiger partial charge in [0.25, 0.3) is 0 Å². The van der Waals surface area contributed by atoms with E-state index in [9.17, 15) is 9.59 Å². The van der Waals surface area contributed by atoms with E-state index in [1.807, 2.05) is 30.3 Å². The van der Waals surface area contributed by atoms with Crippen molar-refractivity contribution in [1.29, 1.82) is 0 Å². The molecule has 8 nitrogen and oxygen atoms in total. The number of rotatable bonds is 3. The van der Waals surface area contributed by atoms with Crippen molar-refractivity contribution < 1.29 is 9.21 Å². The van der Waals surface area contributed by atoms with Crippen LogP contribution in [0.2, 0.25) is 0 Å². The highest BCUT2D eigenvalue weighted by Crippen LogP contribution is 2.26. The molecule has 3 heterocycles. The number of hydrogen-bond acceptors (Lipinski definition) is 5. The molecule has 0 saturated carbocycles. The molecule has 0 spiro atoms. The lowest BCUT2D eigenvalue weighted by Crippen LogP contribution is -2.37. The summed E-state index contributed by atoms with van der Waals surface area (Å²) in [6.07, 6.45) is 0.676. The molecule has 1 amide bonds. The maximum absolute atomic E-state index is 12.4. The second-order valence-electron chi connectivity index (χ2n) is 5.62. The molecule has 0 atom stereocenters. The number of fused-ring (bicyclic) bond motifs is 1. The second kappa shape index (κ2) is 5.80. The van der Waals surface area contributed by atoms with Gasteiger partial charge < -0.3 is 9.32 Å². The smallest absolute Gasteiger partial charge is 0.340 e. The summed E-state index contributed by atoms with van der Waals surface area (Å²) in [5, 5.41) is 6.02. The fourth-order valence-electron chi connectivity index (χ4n) is 2.76. The molecule has 4 rings (SSSR count). The number of nitrogens with zero attached hydrogens (tertiary/aromatic N) is 3. The van der Waals surface area contributed by atoms with Gasteiger partial charge in [-0.3, -0.25) is 9.78 Å². The summed E-state index contributed by atoms with van der Waals surface area (Å²) >= 11 is 0. The van der Waals surface area contributed by atoms with Gasteiger partial charge >= 0.3 is 5.69 Å². The van der Waals surface area contributed by atoms with Crippen LogP contribution in [0.15, 0.2) is 39.5 Å². The zero-order valence-corrected chi connectivity index (χ0v) is 12.8. The first-order chi connectivity index (χ1) is 11.7. The second-order valence-corrected chi connectivity index (χ2v) is 5.62. The van der Waals surface area contributed by atoms with Crippen molar-refractivity contribution in [3.8, 4) is 11.5 Å². The van der Waals surface area contributed by atoms with Gasteiger partial charge in [-0.2, -0.15) is 5.10 Å². The highest BCUT2D eigenvalue weighted by atomic mass is 16.4. The van der Waals surface area contributed by atoms with E-state index in [2.05, 4.69) is 20.2 Å². The molecule has 24 heavy (non-hydrogen) atoms. The number of carbonyl (C=O) groups is 1. The maximum Gasteiger partial charge on any atom is 0.340 e. The van der Waals surface area contributed by atoms with Crippen LogP contribution in [0, 0.1) is 0 Å². The van der Waals surface area contributed by atoms with E-state index in [-0.39, 0.29) is 12.3 Å². The Labute approximate surface area is 136 Å². The molecule has 2 aromatic heterocycles. The molecule has 122 valence electrons. The summed E-state index contributed by atoms with van der Waals surface area (Å²) in [4.78, 5) is 32.1. The number of carbonyl (C=O) groups excluding carboxylic acids is 1. The van der Waals surface area contributed by atoms with Crippen LogP contribution in [0.5, 0.6) is 0 Å². The van der Waals surface area contributed by atoms with Gasteiger partial charge in [0, 0.05) is 18.5 Å². The van der Waals surface area contributed by atoms with Gasteiger partial charge in [0.2, 0.25) is 11.8 Å². The Bertz CT molecular complexity index is 925. The van der Waals surface area contributed by atoms with Crippen LogP contribution in [-0.2, 0) is 24.2 Å². The molecule has 3 aromatic rings. The normalized spacial score (nSPS) is 13.8. The molecular weight excluding hydrogens is 310 g/mol. The van der Waals surface area contributed by atoms with E-state index < -0.39 is 5.69 Å². The van der Waals surface area contributed by atoms with Gasteiger partial charge in [-0.15, -0.1) is 0 Å². The SMILES string of the molecule is O=C(Cc1n[nH]c(=O)[nH]1)N1CCc2oc(-c3ccccc3)nc2C1. The monoisotopic (exact) mass is 325 g/mol. The van der Waals surface area contributed by atoms with Crippen molar-refractivity contribution >= 4 is 5.91 Å². The highest BCUT2D eigenvalue weighted by molar-refractivity contribution is 5.78. The van der Waals surface area contributed by atoms with Crippen LogP contribution in [-0.4, -0.2) is 37.5 Å². The number of aromatic nitrogens is 4. The van der Waals surface area contributed by atoms with Crippen LogP contribution >= 0.6 is 0 Å². The van der Waals surface area contributed by atoms with Crippen LogP contribution in [0.25, 0.3) is 11.5 Å². The standard InChI is InChI=1S/C16H15N5O3/c22-14(8-13-18-16(23)20-19-13)21-7-6-12-11(9-21)17-15(24-12)10-4-2-1-3-5-10/h1-5H,6-9H2,(H2,18,19,20,23). The molecular formula is C16H15N5O3. The third-order valence-electron chi connectivity index (χ3n) is 3.97. The average molecular weight is 325 g/mol. The Morgan fingerprint density at radius 1 is 1.29 bits per heavy atom. The van der Waals surface area contributed by atoms with E-state index in [0.29, 0.717) is 31.2 Å². The number of aromatic amines is 2. The minimum atomic E-state index is -0.414. The Morgan fingerprint density at radius 2 is 2.12 bits per heavy atom. The quantitative estimate of drug-likeness (QED) is 0.743. The fraction of sp³-hybridized carbons (Fsp3) is 0.250. The number of amides is 1. The topological polar surface area (TPSA) is 108 Å². The van der Waals surface area contributed by atoms with E-state index in [1.54, 1.807) is 4.90 Å². The molecule has 8 heteroatoms. The molecule has 0 radical (unpaired) electrons. The predicted molar refractivity (Wildman–Crippen MR) is 84.0 cm³/mol. The third-order valence-corrected chi connectivity index (χ3v) is 3.97. The van der Waals surface area contributed by atoms with Crippen molar-refractivity contribution in [2.45, 2.75) is 19.4 Å². The molecule has 0 aliphatic carbocycles. The van der Waals surface area contributed by atoms with E-state index in [4.69, 9.17) is 4.42 Å². The molecule has 0 fully saturated rings. The summed E-state index contributed by atoms with van der Waals surface area (Å²) in [5.74, 6) is 1.63. The van der Waals surface area contributed by atoms with Crippen LogP contribution in [0.1, 0.15) is 17.3 Å². The van der Waals surface area contributed by atoms with Gasteiger partial charge in [-0.1, -0.05) is 18.2 Å². The van der Waals surface area contributed by atoms with Gasteiger partial charge in [0.15, 0.2) is 0 Å². The lowest BCUT2D eigenvalue weighted by molar-refractivity contribution is -0.131. The maximum atomic E-state index is 12.4. The minimum absolute atomic E-state index is 0.0530. The van der Waals surface area contributed by atoms with Gasteiger partial charge in [0.1, 0.15) is 17.3 Å². The number of benzene rings is 1. The molecule has 0 unspecified atom stereocenters. The first kappa shape index (κ1) is 14.4. The van der Waals surface area contributed by atoms with Crippen molar-refractivity contribution in [1.82, 2.24) is 25.1 Å². The third kappa shape index (κ3) is 2.73. The molecule has 1 aromatic carbocycles. The van der Waals surface area contributed by atoms with Crippen LogP contribution in [0.4, 0.5) is 0 Å². The Balaban J connectivity index is 1.50. The Hall–Kier alpha value is -3.16. The molecule has 0 bridgehead atoms. The van der Waals surface area contributed by atoms with Crippen LogP contribution in [0.3, 0.4) is 0 Å². The largest absolute Gasteiger partial charge is 0.441 e. The van der Waals surface area contributed by atoms with Crippen LogP contribution < -0.4 is 5.69 Å². The first-order valence-electron chi connectivity index (χ1n) is 7.64. The predicted octanol–water partition coefficient (Wildman–Crippen LogP) is 0.880. The Kier molecular flexibility index (Phi) is 3.49. The minimum Gasteiger partial charge on any atom is -0.441 e. The van der Waals surface area contributed by atoms with E-state index in [1.165, 1.54) is 0 Å². The molecule has 1 aliphatic rings. The first-order valence-corrected chi connectivity index (χ1v) is 7.64. The number of oxazole rings is 1.